The summed E-state index contributed by atoms with van der Waals surface area (Å²) in [7, 11) is 1.84. The van der Waals surface area contributed by atoms with Crippen LogP contribution in [0.1, 0.15) is 11.1 Å². The summed E-state index contributed by atoms with van der Waals surface area (Å²) in [6.07, 6.45) is 10.8. The highest BCUT2D eigenvalue weighted by Crippen LogP contribution is 2.22. The number of carbonyl (C=O) groups is 1. The van der Waals surface area contributed by atoms with Gasteiger partial charge in [-0.1, -0.05) is 18.2 Å². The van der Waals surface area contributed by atoms with Gasteiger partial charge in [0, 0.05) is 48.5 Å². The summed E-state index contributed by atoms with van der Waals surface area (Å²) >= 11 is 0. The molecule has 0 aliphatic carbocycles. The van der Waals surface area contributed by atoms with E-state index in [1.807, 2.05) is 73.4 Å². The van der Waals surface area contributed by atoms with Gasteiger partial charge in [0.25, 0.3) is 0 Å². The van der Waals surface area contributed by atoms with Crippen molar-refractivity contribution >= 4 is 23.3 Å². The van der Waals surface area contributed by atoms with E-state index in [0.29, 0.717) is 0 Å². The number of benzene rings is 1. The SMILES string of the molecule is Cc1cccn2cc(-c3ccc(NC(=O)/C=C/c4cnn(C)c4)cc3)nc12. The first-order valence-electron chi connectivity index (χ1n) is 8.61. The highest BCUT2D eigenvalue weighted by molar-refractivity contribution is 6.02. The molecule has 0 fully saturated rings. The van der Waals surface area contributed by atoms with Gasteiger partial charge < -0.3 is 9.72 Å². The van der Waals surface area contributed by atoms with E-state index < -0.39 is 0 Å². The molecule has 4 aromatic rings. The summed E-state index contributed by atoms with van der Waals surface area (Å²) in [5, 5.41) is 6.92. The molecule has 6 nitrogen and oxygen atoms in total. The molecule has 27 heavy (non-hydrogen) atoms. The molecule has 0 saturated heterocycles. The van der Waals surface area contributed by atoms with Gasteiger partial charge in [0.05, 0.1) is 11.9 Å². The van der Waals surface area contributed by atoms with Crippen LogP contribution >= 0.6 is 0 Å². The summed E-state index contributed by atoms with van der Waals surface area (Å²) in [4.78, 5) is 16.8. The molecule has 0 bridgehead atoms. The van der Waals surface area contributed by atoms with Gasteiger partial charge in [0.1, 0.15) is 5.65 Å². The first-order valence-corrected chi connectivity index (χ1v) is 8.61. The van der Waals surface area contributed by atoms with Crippen LogP contribution in [0.2, 0.25) is 0 Å². The van der Waals surface area contributed by atoms with Crippen molar-refractivity contribution in [2.75, 3.05) is 5.32 Å². The van der Waals surface area contributed by atoms with Crippen LogP contribution in [0.4, 0.5) is 5.69 Å². The maximum atomic E-state index is 12.1. The summed E-state index contributed by atoms with van der Waals surface area (Å²) in [5.41, 5.74) is 5.60. The van der Waals surface area contributed by atoms with E-state index in [4.69, 9.17) is 4.98 Å². The number of imidazole rings is 1. The van der Waals surface area contributed by atoms with E-state index in [0.717, 1.165) is 33.7 Å². The van der Waals surface area contributed by atoms with Gasteiger partial charge in [0.2, 0.25) is 5.91 Å². The fraction of sp³-hybridized carbons (Fsp3) is 0.0952. The Morgan fingerprint density at radius 2 is 1.96 bits per heavy atom. The van der Waals surface area contributed by atoms with Gasteiger partial charge in [-0.25, -0.2) is 4.98 Å². The van der Waals surface area contributed by atoms with Crippen molar-refractivity contribution in [2.24, 2.45) is 7.05 Å². The van der Waals surface area contributed by atoms with E-state index in [1.54, 1.807) is 17.0 Å². The van der Waals surface area contributed by atoms with Gasteiger partial charge in [-0.05, 0) is 36.8 Å². The second-order valence-corrected chi connectivity index (χ2v) is 6.40. The number of fused-ring (bicyclic) bond motifs is 1. The Morgan fingerprint density at radius 3 is 2.67 bits per heavy atom. The van der Waals surface area contributed by atoms with E-state index in [1.165, 1.54) is 6.08 Å². The molecule has 4 rings (SSSR count). The van der Waals surface area contributed by atoms with Crippen LogP contribution in [0, 0.1) is 6.92 Å². The number of rotatable bonds is 4. The minimum absolute atomic E-state index is 0.185. The monoisotopic (exact) mass is 357 g/mol. The third-order valence-corrected chi connectivity index (χ3v) is 4.28. The molecule has 0 radical (unpaired) electrons. The third kappa shape index (κ3) is 3.64. The zero-order valence-electron chi connectivity index (χ0n) is 15.1. The lowest BCUT2D eigenvalue weighted by molar-refractivity contribution is -0.111. The number of nitrogens with zero attached hydrogens (tertiary/aromatic N) is 4. The quantitative estimate of drug-likeness (QED) is 0.567. The van der Waals surface area contributed by atoms with Gasteiger partial charge in [-0.2, -0.15) is 5.10 Å². The molecule has 1 amide bonds. The minimum Gasteiger partial charge on any atom is -0.323 e. The molecule has 0 spiro atoms. The number of aryl methyl sites for hydroxylation is 2. The predicted octanol–water partition coefficient (Wildman–Crippen LogP) is 3.70. The summed E-state index contributed by atoms with van der Waals surface area (Å²) in [6, 6.07) is 11.7. The van der Waals surface area contributed by atoms with Crippen molar-refractivity contribution in [1.29, 1.82) is 0 Å². The molecule has 0 aliphatic rings. The zero-order valence-corrected chi connectivity index (χ0v) is 15.1. The molecule has 0 aliphatic heterocycles. The molecule has 3 aromatic heterocycles. The molecule has 0 atom stereocenters. The Morgan fingerprint density at radius 1 is 1.15 bits per heavy atom. The third-order valence-electron chi connectivity index (χ3n) is 4.28. The Kier molecular flexibility index (Phi) is 4.30. The normalized spacial score (nSPS) is 11.3. The van der Waals surface area contributed by atoms with Crippen molar-refractivity contribution < 1.29 is 4.79 Å². The lowest BCUT2D eigenvalue weighted by Crippen LogP contribution is -2.07. The Labute approximate surface area is 156 Å². The summed E-state index contributed by atoms with van der Waals surface area (Å²) in [5.74, 6) is -0.185. The second kappa shape index (κ2) is 6.92. The standard InChI is InChI=1S/C21H19N5O/c1-15-4-3-11-26-14-19(24-21(15)26)17-6-8-18(9-7-17)23-20(27)10-5-16-12-22-25(2)13-16/h3-14H,1-2H3,(H,23,27)/b10-5+. The number of amides is 1. The molecule has 3 heterocycles. The molecule has 0 unspecified atom stereocenters. The van der Waals surface area contributed by atoms with Gasteiger partial charge >= 0.3 is 0 Å². The second-order valence-electron chi connectivity index (χ2n) is 6.40. The number of hydrogen-bond acceptors (Lipinski definition) is 3. The van der Waals surface area contributed by atoms with Crippen molar-refractivity contribution in [2.45, 2.75) is 6.92 Å². The Hall–Kier alpha value is -3.67. The number of pyridine rings is 1. The molecule has 1 aromatic carbocycles. The summed E-state index contributed by atoms with van der Waals surface area (Å²) in [6.45, 7) is 2.05. The number of nitrogens with one attached hydrogen (secondary N) is 1. The van der Waals surface area contributed by atoms with Crippen molar-refractivity contribution in [3.05, 3.63) is 78.4 Å². The average molecular weight is 357 g/mol. The van der Waals surface area contributed by atoms with Gasteiger partial charge in [0.15, 0.2) is 0 Å². The molecule has 6 heteroatoms. The van der Waals surface area contributed by atoms with Crippen LogP contribution in [0.15, 0.2) is 67.3 Å². The van der Waals surface area contributed by atoms with Gasteiger partial charge in [-0.3, -0.25) is 9.48 Å². The Balaban J connectivity index is 1.47. The lowest BCUT2D eigenvalue weighted by Gasteiger charge is -2.03. The number of hydrogen-bond donors (Lipinski definition) is 1. The lowest BCUT2D eigenvalue weighted by atomic mass is 10.1. The first-order chi connectivity index (χ1) is 13.1. The highest BCUT2D eigenvalue weighted by atomic mass is 16.1. The number of carbonyl (C=O) groups excluding carboxylic acids is 1. The molecule has 134 valence electrons. The van der Waals surface area contributed by atoms with Crippen LogP contribution < -0.4 is 5.32 Å². The number of anilines is 1. The van der Waals surface area contributed by atoms with Crippen LogP contribution in [0.3, 0.4) is 0 Å². The van der Waals surface area contributed by atoms with Crippen LogP contribution in [-0.2, 0) is 11.8 Å². The largest absolute Gasteiger partial charge is 0.323 e. The van der Waals surface area contributed by atoms with E-state index in [-0.39, 0.29) is 5.91 Å². The maximum Gasteiger partial charge on any atom is 0.248 e. The molecular formula is C21H19N5O. The zero-order chi connectivity index (χ0) is 18.8. The van der Waals surface area contributed by atoms with Crippen molar-refractivity contribution in [3.8, 4) is 11.3 Å². The maximum absolute atomic E-state index is 12.1. The molecule has 1 N–H and O–H groups in total. The Bertz CT molecular complexity index is 1140. The smallest absolute Gasteiger partial charge is 0.248 e. The fourth-order valence-corrected chi connectivity index (χ4v) is 2.90. The molecule has 0 saturated carbocycles. The van der Waals surface area contributed by atoms with E-state index in [9.17, 15) is 4.79 Å². The van der Waals surface area contributed by atoms with E-state index in [2.05, 4.69) is 10.4 Å². The van der Waals surface area contributed by atoms with Crippen LogP contribution in [0.25, 0.3) is 23.0 Å². The van der Waals surface area contributed by atoms with Crippen molar-refractivity contribution in [3.63, 3.8) is 0 Å². The molecular weight excluding hydrogens is 338 g/mol. The number of aromatic nitrogens is 4. The van der Waals surface area contributed by atoms with Gasteiger partial charge in [-0.15, -0.1) is 0 Å². The van der Waals surface area contributed by atoms with Crippen LogP contribution in [-0.4, -0.2) is 25.1 Å². The van der Waals surface area contributed by atoms with E-state index >= 15 is 0 Å². The van der Waals surface area contributed by atoms with Crippen molar-refractivity contribution in [1.82, 2.24) is 19.2 Å². The minimum atomic E-state index is -0.185. The first kappa shape index (κ1) is 16.8. The highest BCUT2D eigenvalue weighted by Gasteiger charge is 2.06. The average Bonchev–Trinajstić information content (AvgIpc) is 3.28. The summed E-state index contributed by atoms with van der Waals surface area (Å²) < 4.78 is 3.71. The topological polar surface area (TPSA) is 64.2 Å². The fourth-order valence-electron chi connectivity index (χ4n) is 2.90. The predicted molar refractivity (Wildman–Crippen MR) is 106 cm³/mol. The van der Waals surface area contributed by atoms with Crippen LogP contribution in [0.5, 0.6) is 0 Å².